The van der Waals surface area contributed by atoms with Gasteiger partial charge in [0.1, 0.15) is 0 Å². The Morgan fingerprint density at radius 2 is 0.622 bits per heavy atom. The number of amides is 4. The second kappa shape index (κ2) is 30.9. The summed E-state index contributed by atoms with van der Waals surface area (Å²) in [5.41, 5.74) is 4.11. The average molecular weight is 1270 g/mol. The average Bonchev–Trinajstić information content (AvgIpc) is 1.86. The summed E-state index contributed by atoms with van der Waals surface area (Å²) in [5.74, 6) is -0.372. The van der Waals surface area contributed by atoms with Crippen molar-refractivity contribution in [3.8, 4) is 20.9 Å². The lowest BCUT2D eigenvalue weighted by Gasteiger charge is -2.33. The van der Waals surface area contributed by atoms with Crippen LogP contribution >= 0.6 is 54.5 Å². The molecule has 2 atom stereocenters. The SMILES string of the molecule is CCCCCCCCCCC(CCCCCCCC)CN1C(=O)c2ccc3c4c(-c5ccc(Br)s5)cc5c6c(ccc(c7c(-c8ccc(Br)s8)cc(c2c37)C1=O)c64)C(=O)N(CC(CCCCCCCC)CCCCCCCCCC)C5=O. The number of fused-ring (bicyclic) bond motifs is 2. The molecule has 2 aliphatic rings. The second-order valence-electron chi connectivity index (χ2n) is 24.5. The maximum Gasteiger partial charge on any atom is 0.261 e. The maximum atomic E-state index is 15.5. The predicted octanol–water partition coefficient (Wildman–Crippen LogP) is 23.7. The van der Waals surface area contributed by atoms with Crippen LogP contribution in [0.5, 0.6) is 0 Å². The molecule has 2 unspecified atom stereocenters. The van der Waals surface area contributed by atoms with Crippen molar-refractivity contribution in [1.29, 1.82) is 0 Å². The lowest BCUT2D eigenvalue weighted by molar-refractivity contribution is 0.0563. The van der Waals surface area contributed by atoms with Crippen LogP contribution in [-0.4, -0.2) is 46.5 Å². The van der Waals surface area contributed by atoms with Crippen molar-refractivity contribution in [3.05, 3.63) is 90.5 Å². The van der Waals surface area contributed by atoms with Gasteiger partial charge in [-0.2, -0.15) is 0 Å². The minimum absolute atomic E-state index is 0.211. The van der Waals surface area contributed by atoms with Gasteiger partial charge in [-0.1, -0.05) is 220 Å². The van der Waals surface area contributed by atoms with Crippen LogP contribution in [0.25, 0.3) is 64.0 Å². The predicted molar refractivity (Wildman–Crippen MR) is 358 cm³/mol. The van der Waals surface area contributed by atoms with Gasteiger partial charge in [-0.15, -0.1) is 22.7 Å². The molecule has 10 heteroatoms. The van der Waals surface area contributed by atoms with E-state index in [1.807, 2.05) is 12.1 Å². The van der Waals surface area contributed by atoms with E-state index in [1.54, 1.807) is 32.5 Å². The Hall–Kier alpha value is -3.96. The normalized spacial score (nSPS) is 14.4. The van der Waals surface area contributed by atoms with Crippen LogP contribution < -0.4 is 0 Å². The lowest BCUT2D eigenvalue weighted by atomic mass is 9.78. The molecular weight excluding hydrogens is 1180 g/mol. The van der Waals surface area contributed by atoms with Gasteiger partial charge in [-0.05, 0) is 150 Å². The van der Waals surface area contributed by atoms with Gasteiger partial charge in [0, 0.05) is 67.0 Å². The summed E-state index contributed by atoms with van der Waals surface area (Å²) in [6.45, 7) is 9.91. The van der Waals surface area contributed by atoms with E-state index in [0.29, 0.717) is 46.1 Å². The molecular formula is C72H92Br2N2O4S2. The molecule has 0 fully saturated rings. The molecule has 9 rings (SSSR count). The zero-order valence-electron chi connectivity index (χ0n) is 50.1. The number of unbranched alkanes of at least 4 members (excludes halogenated alkanes) is 24. The molecule has 82 heavy (non-hydrogen) atoms. The van der Waals surface area contributed by atoms with Crippen LogP contribution in [0.15, 0.2) is 68.2 Å². The molecule has 4 amide bonds. The van der Waals surface area contributed by atoms with Crippen LogP contribution in [0.4, 0.5) is 0 Å². The monoisotopic (exact) mass is 1270 g/mol. The van der Waals surface area contributed by atoms with E-state index in [0.717, 1.165) is 112 Å². The van der Waals surface area contributed by atoms with E-state index in [2.05, 4.69) is 108 Å². The molecule has 0 saturated carbocycles. The number of thiophene rings is 2. The van der Waals surface area contributed by atoms with Gasteiger partial charge >= 0.3 is 0 Å². The summed E-state index contributed by atoms with van der Waals surface area (Å²) in [4.78, 5) is 66.8. The van der Waals surface area contributed by atoms with Crippen LogP contribution in [-0.2, 0) is 0 Å². The summed E-state index contributed by atoms with van der Waals surface area (Å²) < 4.78 is 1.96. The summed E-state index contributed by atoms with van der Waals surface area (Å²) in [6.07, 6.45) is 38.7. The molecule has 2 aromatic heterocycles. The zero-order valence-corrected chi connectivity index (χ0v) is 54.9. The van der Waals surface area contributed by atoms with Gasteiger partial charge in [0.25, 0.3) is 23.6 Å². The molecule has 0 saturated heterocycles. The van der Waals surface area contributed by atoms with E-state index in [-0.39, 0.29) is 35.5 Å². The Bertz CT molecular complexity index is 3060. The highest BCUT2D eigenvalue weighted by Crippen LogP contribution is 2.53. The third-order valence-electron chi connectivity index (χ3n) is 18.4. The van der Waals surface area contributed by atoms with E-state index in [9.17, 15) is 0 Å². The van der Waals surface area contributed by atoms with Crippen molar-refractivity contribution in [2.24, 2.45) is 11.8 Å². The number of imide groups is 2. The third kappa shape index (κ3) is 14.5. The van der Waals surface area contributed by atoms with Crippen LogP contribution in [0, 0.1) is 11.8 Å². The molecule has 0 N–H and O–H groups in total. The number of hydrogen-bond acceptors (Lipinski definition) is 6. The van der Waals surface area contributed by atoms with E-state index >= 15 is 19.2 Å². The number of halogens is 2. The van der Waals surface area contributed by atoms with E-state index in [4.69, 9.17) is 0 Å². The Balaban J connectivity index is 1.12. The van der Waals surface area contributed by atoms with Gasteiger partial charge in [0.15, 0.2) is 0 Å². The van der Waals surface area contributed by atoms with Crippen molar-refractivity contribution >= 4 is 121 Å². The molecule has 5 aromatic carbocycles. The van der Waals surface area contributed by atoms with Crippen molar-refractivity contribution < 1.29 is 19.2 Å². The van der Waals surface area contributed by atoms with E-state index < -0.39 is 0 Å². The third-order valence-corrected chi connectivity index (χ3v) is 21.7. The van der Waals surface area contributed by atoms with Gasteiger partial charge in [-0.3, -0.25) is 29.0 Å². The fourth-order valence-corrected chi connectivity index (χ4v) is 16.8. The summed E-state index contributed by atoms with van der Waals surface area (Å²) in [5, 5.41) is 6.90. The number of nitrogens with zero attached hydrogens (tertiary/aromatic N) is 2. The molecule has 4 heterocycles. The smallest absolute Gasteiger partial charge is 0.261 e. The summed E-state index contributed by atoms with van der Waals surface area (Å²) in [7, 11) is 0. The first-order valence-corrected chi connectivity index (χ1v) is 35.8. The Kier molecular flexibility index (Phi) is 23.6. The quantitative estimate of drug-likeness (QED) is 0.0167. The number of carbonyl (C=O) groups is 4. The molecule has 0 radical (unpaired) electrons. The van der Waals surface area contributed by atoms with Crippen molar-refractivity contribution in [2.75, 3.05) is 13.1 Å². The van der Waals surface area contributed by atoms with Gasteiger partial charge < -0.3 is 0 Å². The topological polar surface area (TPSA) is 74.8 Å². The molecule has 0 bridgehead atoms. The van der Waals surface area contributed by atoms with Crippen molar-refractivity contribution in [2.45, 2.75) is 233 Å². The van der Waals surface area contributed by atoms with Gasteiger partial charge in [0.05, 0.1) is 7.57 Å². The number of benzene rings is 5. The van der Waals surface area contributed by atoms with Crippen molar-refractivity contribution in [3.63, 3.8) is 0 Å². The van der Waals surface area contributed by atoms with E-state index in [1.165, 1.54) is 154 Å². The summed E-state index contributed by atoms with van der Waals surface area (Å²) in [6, 6.07) is 20.7. The first-order chi connectivity index (χ1) is 40.1. The molecule has 6 nitrogen and oxygen atoms in total. The Labute approximate surface area is 515 Å². The second-order valence-corrected chi connectivity index (χ2v) is 29.5. The molecule has 2 aliphatic heterocycles. The fraction of sp³-hybridized carbons (Fsp3) is 0.556. The maximum absolute atomic E-state index is 15.5. The van der Waals surface area contributed by atoms with Gasteiger partial charge in [0.2, 0.25) is 0 Å². The first-order valence-electron chi connectivity index (χ1n) is 32.6. The number of rotatable bonds is 38. The first kappa shape index (κ1) is 62.6. The zero-order chi connectivity index (χ0) is 57.5. The highest BCUT2D eigenvalue weighted by Gasteiger charge is 2.40. The van der Waals surface area contributed by atoms with Crippen molar-refractivity contribution in [1.82, 2.24) is 9.80 Å². The molecule has 0 aliphatic carbocycles. The van der Waals surface area contributed by atoms with Crippen LogP contribution in [0.1, 0.15) is 275 Å². The molecule has 7 aromatic rings. The standard InChI is InChI=1S/C72H92Br2N2O4S2/c1-5-9-13-17-21-23-27-31-35-49(33-29-25-19-15-11-7-3)47-75-69(77)53-39-37-51-64-56(60-42-44-62(74)82-60)46-58-66-54(40-38-52(68(64)66)63-55(59-41-43-61(73)81-59)45-57(71(75)79)65(53)67(51)63)70(78)76(72(58)80)48-50(34-30-26-20-16-12-8-4)36-32-28-24-22-18-14-10-6-2/h37-46,49-50H,5-36,47-48H2,1-4H3. The molecule has 440 valence electrons. The molecule has 0 spiro atoms. The minimum Gasteiger partial charge on any atom is -0.274 e. The number of hydrogen-bond donors (Lipinski definition) is 0. The van der Waals surface area contributed by atoms with Crippen LogP contribution in [0.3, 0.4) is 0 Å². The summed E-state index contributed by atoms with van der Waals surface area (Å²) >= 11 is 10.8. The largest absolute Gasteiger partial charge is 0.274 e. The van der Waals surface area contributed by atoms with Crippen LogP contribution in [0.2, 0.25) is 0 Å². The number of carbonyl (C=O) groups excluding carboxylic acids is 4. The minimum atomic E-state index is -0.214. The fourth-order valence-electron chi connectivity index (χ4n) is 13.9. The lowest BCUT2D eigenvalue weighted by Crippen LogP contribution is -2.43. The Morgan fingerprint density at radius 3 is 0.915 bits per heavy atom. The van der Waals surface area contributed by atoms with Gasteiger partial charge in [-0.25, -0.2) is 0 Å². The Morgan fingerprint density at radius 1 is 0.329 bits per heavy atom. The highest BCUT2D eigenvalue weighted by atomic mass is 79.9. The highest BCUT2D eigenvalue weighted by molar-refractivity contribution is 9.11.